The number of aliphatic hydroxyl groups is 2. The molecule has 0 radical (unpaired) electrons. The molecular weight excluding hydrogens is 258 g/mol. The summed E-state index contributed by atoms with van der Waals surface area (Å²) in [6.07, 6.45) is -2.58. The van der Waals surface area contributed by atoms with Gasteiger partial charge < -0.3 is 31.7 Å². The molecule has 7 N–H and O–H groups in total. The maximum Gasteiger partial charge on any atom is 0.328 e. The minimum Gasteiger partial charge on any atom is -0.480 e. The Balaban J connectivity index is 4.81. The smallest absolute Gasteiger partial charge is 0.328 e. The predicted molar refractivity (Wildman–Crippen MR) is 63.9 cm³/mol. The molecule has 9 heteroatoms. The number of carbonyl (C=O) groups is 3. The lowest BCUT2D eigenvalue weighted by Crippen LogP contribution is -2.58. The van der Waals surface area contributed by atoms with Crippen LogP contribution in [0, 0.1) is 0 Å². The van der Waals surface area contributed by atoms with E-state index < -0.39 is 42.1 Å². The van der Waals surface area contributed by atoms with Crippen LogP contribution in [0.25, 0.3) is 0 Å². The summed E-state index contributed by atoms with van der Waals surface area (Å²) in [6.45, 7) is 2.06. The van der Waals surface area contributed by atoms with E-state index in [0.29, 0.717) is 0 Å². The van der Waals surface area contributed by atoms with Crippen LogP contribution in [0.15, 0.2) is 0 Å². The number of hydrogen-bond donors (Lipinski definition) is 6. The second-order valence-electron chi connectivity index (χ2n) is 4.06. The number of carboxylic acids is 1. The summed E-state index contributed by atoms with van der Waals surface area (Å²) in [4.78, 5) is 33.6. The van der Waals surface area contributed by atoms with E-state index in [-0.39, 0.29) is 6.54 Å². The van der Waals surface area contributed by atoms with Gasteiger partial charge in [-0.25, -0.2) is 4.79 Å². The molecule has 110 valence electrons. The van der Waals surface area contributed by atoms with Gasteiger partial charge in [0.15, 0.2) is 6.04 Å². The topological polar surface area (TPSA) is 162 Å². The van der Waals surface area contributed by atoms with Crippen molar-refractivity contribution in [2.45, 2.75) is 38.1 Å². The fourth-order valence-electron chi connectivity index (χ4n) is 1.27. The first-order valence-electron chi connectivity index (χ1n) is 5.59. The van der Waals surface area contributed by atoms with Crippen molar-refractivity contribution < 1.29 is 29.7 Å². The molecule has 4 unspecified atom stereocenters. The number of carbonyl (C=O) groups excluding carboxylic acids is 2. The van der Waals surface area contributed by atoms with Crippen molar-refractivity contribution in [2.75, 3.05) is 6.54 Å². The summed E-state index contributed by atoms with van der Waals surface area (Å²) in [5.41, 5.74) is 5.06. The zero-order valence-corrected chi connectivity index (χ0v) is 10.7. The zero-order chi connectivity index (χ0) is 15.2. The molecule has 2 amide bonds. The van der Waals surface area contributed by atoms with E-state index in [0.717, 1.165) is 0 Å². The molecule has 0 spiro atoms. The maximum absolute atomic E-state index is 11.8. The number of rotatable bonds is 7. The standard InChI is InChI=1S/C10H19N3O6/c1-4(14)7(12-6(16)3-11)9(17)13-8(5(2)15)10(18)19/h4-5,7-8,14-15H,3,11H2,1-2H3,(H,12,16)(H,13,17)(H,18,19). The Labute approximate surface area is 109 Å². The number of aliphatic carboxylic acids is 1. The molecule has 0 aromatic heterocycles. The third-order valence-corrected chi connectivity index (χ3v) is 2.31. The molecule has 0 fully saturated rings. The fraction of sp³-hybridized carbons (Fsp3) is 0.700. The van der Waals surface area contributed by atoms with E-state index in [1.807, 2.05) is 5.32 Å². The van der Waals surface area contributed by atoms with Crippen LogP contribution in [0.3, 0.4) is 0 Å². The minimum atomic E-state index is -1.54. The highest BCUT2D eigenvalue weighted by Crippen LogP contribution is 1.98. The van der Waals surface area contributed by atoms with E-state index in [1.54, 1.807) is 0 Å². The van der Waals surface area contributed by atoms with Gasteiger partial charge in [-0.15, -0.1) is 0 Å². The van der Waals surface area contributed by atoms with Gasteiger partial charge in [0.25, 0.3) is 0 Å². The molecular formula is C10H19N3O6. The van der Waals surface area contributed by atoms with Crippen LogP contribution < -0.4 is 16.4 Å². The number of aliphatic hydroxyl groups excluding tert-OH is 2. The third-order valence-electron chi connectivity index (χ3n) is 2.31. The van der Waals surface area contributed by atoms with E-state index in [2.05, 4.69) is 5.32 Å². The molecule has 0 saturated carbocycles. The second kappa shape index (κ2) is 7.67. The Morgan fingerprint density at radius 3 is 1.84 bits per heavy atom. The molecule has 0 aromatic rings. The predicted octanol–water partition coefficient (Wildman–Crippen LogP) is -3.24. The highest BCUT2D eigenvalue weighted by atomic mass is 16.4. The molecule has 0 bridgehead atoms. The summed E-state index contributed by atoms with van der Waals surface area (Å²) in [6, 6.07) is -2.89. The number of nitrogens with two attached hydrogens (primary N) is 1. The molecule has 0 aliphatic carbocycles. The second-order valence-corrected chi connectivity index (χ2v) is 4.06. The lowest BCUT2D eigenvalue weighted by Gasteiger charge is -2.24. The van der Waals surface area contributed by atoms with Gasteiger partial charge in [0.05, 0.1) is 18.8 Å². The molecule has 0 aliphatic rings. The largest absolute Gasteiger partial charge is 0.480 e. The van der Waals surface area contributed by atoms with Crippen LogP contribution in [0.1, 0.15) is 13.8 Å². The third kappa shape index (κ3) is 5.64. The van der Waals surface area contributed by atoms with Crippen LogP contribution in [0.2, 0.25) is 0 Å². The monoisotopic (exact) mass is 277 g/mol. The van der Waals surface area contributed by atoms with E-state index in [9.17, 15) is 24.6 Å². The number of carboxylic acid groups (broad SMARTS) is 1. The van der Waals surface area contributed by atoms with Crippen molar-refractivity contribution in [1.29, 1.82) is 0 Å². The number of amides is 2. The highest BCUT2D eigenvalue weighted by molar-refractivity contribution is 5.91. The van der Waals surface area contributed by atoms with Crippen LogP contribution in [0.4, 0.5) is 0 Å². The highest BCUT2D eigenvalue weighted by Gasteiger charge is 2.31. The molecule has 0 saturated heterocycles. The molecule has 4 atom stereocenters. The summed E-state index contributed by atoms with van der Waals surface area (Å²) < 4.78 is 0. The zero-order valence-electron chi connectivity index (χ0n) is 10.7. The van der Waals surface area contributed by atoms with Crippen LogP contribution in [0.5, 0.6) is 0 Å². The van der Waals surface area contributed by atoms with Crippen LogP contribution >= 0.6 is 0 Å². The first-order valence-corrected chi connectivity index (χ1v) is 5.59. The van der Waals surface area contributed by atoms with Crippen molar-refractivity contribution in [3.8, 4) is 0 Å². The SMILES string of the molecule is CC(O)C(NC(=O)C(NC(=O)CN)C(C)O)C(=O)O. The molecule has 9 nitrogen and oxygen atoms in total. The van der Waals surface area contributed by atoms with Gasteiger partial charge in [0.2, 0.25) is 11.8 Å². The van der Waals surface area contributed by atoms with Crippen LogP contribution in [-0.4, -0.2) is 63.9 Å². The molecule has 0 aromatic carbocycles. The van der Waals surface area contributed by atoms with Gasteiger partial charge in [-0.1, -0.05) is 0 Å². The van der Waals surface area contributed by atoms with Crippen molar-refractivity contribution in [1.82, 2.24) is 10.6 Å². The quantitative estimate of drug-likeness (QED) is 0.285. The minimum absolute atomic E-state index is 0.380. The van der Waals surface area contributed by atoms with Gasteiger partial charge in [-0.3, -0.25) is 9.59 Å². The van der Waals surface area contributed by atoms with Crippen LogP contribution in [-0.2, 0) is 14.4 Å². The van der Waals surface area contributed by atoms with Crippen molar-refractivity contribution >= 4 is 17.8 Å². The summed E-state index contributed by atoms with van der Waals surface area (Å²) in [5.74, 6) is -3.03. The average Bonchev–Trinajstić information content (AvgIpc) is 2.30. The first kappa shape index (κ1) is 17.3. The van der Waals surface area contributed by atoms with Gasteiger partial charge in [0.1, 0.15) is 6.04 Å². The lowest BCUT2D eigenvalue weighted by atomic mass is 10.1. The van der Waals surface area contributed by atoms with E-state index in [4.69, 9.17) is 10.8 Å². The summed E-state index contributed by atoms with van der Waals surface area (Å²) in [5, 5.41) is 31.6. The van der Waals surface area contributed by atoms with Crippen molar-refractivity contribution in [3.05, 3.63) is 0 Å². The Bertz CT molecular complexity index is 344. The van der Waals surface area contributed by atoms with E-state index in [1.165, 1.54) is 13.8 Å². The Morgan fingerprint density at radius 2 is 1.53 bits per heavy atom. The average molecular weight is 277 g/mol. The number of hydrogen-bond acceptors (Lipinski definition) is 6. The van der Waals surface area contributed by atoms with Gasteiger partial charge in [-0.2, -0.15) is 0 Å². The Kier molecular flexibility index (Phi) is 6.98. The summed E-state index contributed by atoms with van der Waals surface area (Å²) >= 11 is 0. The number of nitrogens with one attached hydrogen (secondary N) is 2. The normalized spacial score (nSPS) is 16.9. The Hall–Kier alpha value is -1.71. The van der Waals surface area contributed by atoms with Gasteiger partial charge in [-0.05, 0) is 13.8 Å². The molecule has 19 heavy (non-hydrogen) atoms. The molecule has 0 heterocycles. The van der Waals surface area contributed by atoms with E-state index >= 15 is 0 Å². The molecule has 0 aliphatic heterocycles. The summed E-state index contributed by atoms with van der Waals surface area (Å²) in [7, 11) is 0. The van der Waals surface area contributed by atoms with Gasteiger partial charge in [0, 0.05) is 0 Å². The Morgan fingerprint density at radius 1 is 1.05 bits per heavy atom. The fourth-order valence-corrected chi connectivity index (χ4v) is 1.27. The lowest BCUT2D eigenvalue weighted by molar-refractivity contribution is -0.145. The first-order chi connectivity index (χ1) is 8.70. The van der Waals surface area contributed by atoms with Crippen molar-refractivity contribution in [2.24, 2.45) is 5.73 Å². The molecule has 0 rings (SSSR count). The van der Waals surface area contributed by atoms with Gasteiger partial charge >= 0.3 is 5.97 Å². The van der Waals surface area contributed by atoms with Crippen molar-refractivity contribution in [3.63, 3.8) is 0 Å². The maximum atomic E-state index is 11.8.